The lowest BCUT2D eigenvalue weighted by molar-refractivity contribution is 0.166. The fourth-order valence-corrected chi connectivity index (χ4v) is 7.01. The van der Waals surface area contributed by atoms with Crippen molar-refractivity contribution >= 4 is 10.8 Å². The van der Waals surface area contributed by atoms with Crippen LogP contribution in [0.1, 0.15) is 49.0 Å². The molecule has 1 saturated heterocycles. The summed E-state index contributed by atoms with van der Waals surface area (Å²) in [7, 11) is -2.52. The van der Waals surface area contributed by atoms with Gasteiger partial charge in [0.1, 0.15) is 12.0 Å². The van der Waals surface area contributed by atoms with Gasteiger partial charge in [-0.1, -0.05) is 24.3 Å². The average molecular weight is 475 g/mol. The fraction of sp³-hybridized carbons (Fsp3) is 0.560. The van der Waals surface area contributed by atoms with E-state index in [9.17, 15) is 13.9 Å². The molecule has 1 aliphatic carbocycles. The third-order valence-electron chi connectivity index (χ3n) is 7.28. The van der Waals surface area contributed by atoms with E-state index in [1.165, 1.54) is 17.4 Å². The SMILES string of the molecule is O=c1cc(CN2Cc3ccccc3C2)occ1OCC1CCC(CN2CCCS2(O)O)CC1. The standard InChI is InChI=1S/C25H34N2O5S/c28-24-12-23(16-26-14-21-4-1-2-5-22(21)15-26)31-18-25(24)32-17-20-8-6-19(7-9-20)13-27-10-3-11-33(27,29)30/h1-2,4-5,12,18-20,29-30H,3,6-11,13-17H2. The molecule has 1 saturated carbocycles. The molecular weight excluding hydrogens is 440 g/mol. The van der Waals surface area contributed by atoms with Crippen LogP contribution in [0.15, 0.2) is 45.8 Å². The van der Waals surface area contributed by atoms with Crippen molar-refractivity contribution in [1.82, 2.24) is 9.21 Å². The molecule has 2 fully saturated rings. The first-order chi connectivity index (χ1) is 16.0. The van der Waals surface area contributed by atoms with Crippen molar-refractivity contribution in [2.75, 3.05) is 25.4 Å². The molecule has 0 bridgehead atoms. The Morgan fingerprint density at radius 3 is 2.39 bits per heavy atom. The molecule has 0 atom stereocenters. The summed E-state index contributed by atoms with van der Waals surface area (Å²) in [6, 6.07) is 9.98. The molecule has 5 rings (SSSR count). The summed E-state index contributed by atoms with van der Waals surface area (Å²) in [6.07, 6.45) is 6.54. The summed E-state index contributed by atoms with van der Waals surface area (Å²) in [6.45, 7) is 4.45. The van der Waals surface area contributed by atoms with E-state index in [-0.39, 0.29) is 11.2 Å². The summed E-state index contributed by atoms with van der Waals surface area (Å²) in [5, 5.41) is 0. The molecule has 0 spiro atoms. The molecule has 33 heavy (non-hydrogen) atoms. The Bertz CT molecular complexity index is 993. The first-order valence-electron chi connectivity index (χ1n) is 12.0. The van der Waals surface area contributed by atoms with Crippen LogP contribution in [0.2, 0.25) is 0 Å². The Balaban J connectivity index is 1.07. The number of benzene rings is 1. The van der Waals surface area contributed by atoms with Crippen molar-refractivity contribution in [2.24, 2.45) is 11.8 Å². The first-order valence-corrected chi connectivity index (χ1v) is 13.7. The van der Waals surface area contributed by atoms with E-state index in [2.05, 4.69) is 29.2 Å². The van der Waals surface area contributed by atoms with Gasteiger partial charge in [-0.3, -0.25) is 18.8 Å². The van der Waals surface area contributed by atoms with Gasteiger partial charge in [0, 0.05) is 32.2 Å². The Morgan fingerprint density at radius 1 is 1.06 bits per heavy atom. The van der Waals surface area contributed by atoms with Crippen molar-refractivity contribution in [3.63, 3.8) is 0 Å². The summed E-state index contributed by atoms with van der Waals surface area (Å²) in [5.74, 6) is 2.39. The third kappa shape index (κ3) is 5.46. The van der Waals surface area contributed by atoms with E-state index < -0.39 is 10.8 Å². The van der Waals surface area contributed by atoms with Crippen molar-refractivity contribution < 1.29 is 18.3 Å². The van der Waals surface area contributed by atoms with E-state index >= 15 is 0 Å². The van der Waals surface area contributed by atoms with Gasteiger partial charge in [-0.05, 0) is 55.1 Å². The normalized spacial score (nSPS) is 26.2. The number of ether oxygens (including phenoxy) is 1. The van der Waals surface area contributed by atoms with Gasteiger partial charge in [-0.15, -0.1) is 10.8 Å². The molecule has 0 amide bonds. The van der Waals surface area contributed by atoms with Gasteiger partial charge < -0.3 is 9.15 Å². The summed E-state index contributed by atoms with van der Waals surface area (Å²) in [5.41, 5.74) is 2.55. The van der Waals surface area contributed by atoms with Gasteiger partial charge >= 0.3 is 0 Å². The predicted octanol–water partition coefficient (Wildman–Crippen LogP) is 4.71. The minimum atomic E-state index is -2.52. The van der Waals surface area contributed by atoms with Crippen molar-refractivity contribution in [3.05, 3.63) is 63.7 Å². The lowest BCUT2D eigenvalue weighted by Gasteiger charge is -2.40. The van der Waals surface area contributed by atoms with Crippen molar-refractivity contribution in [2.45, 2.75) is 51.7 Å². The molecule has 2 aliphatic heterocycles. The second-order valence-corrected chi connectivity index (χ2v) is 12.0. The Morgan fingerprint density at radius 2 is 1.76 bits per heavy atom. The van der Waals surface area contributed by atoms with E-state index in [0.717, 1.165) is 58.3 Å². The van der Waals surface area contributed by atoms with Crippen LogP contribution < -0.4 is 10.2 Å². The highest BCUT2D eigenvalue weighted by atomic mass is 32.3. The van der Waals surface area contributed by atoms with Gasteiger partial charge in [-0.25, -0.2) is 4.31 Å². The second-order valence-electron chi connectivity index (χ2n) is 9.76. The maximum Gasteiger partial charge on any atom is 0.227 e. The Labute approximate surface area is 196 Å². The number of hydrogen-bond donors (Lipinski definition) is 2. The molecule has 3 aliphatic rings. The fourth-order valence-electron chi connectivity index (χ4n) is 5.36. The van der Waals surface area contributed by atoms with Crippen LogP contribution in [0.3, 0.4) is 0 Å². The highest BCUT2D eigenvalue weighted by Gasteiger charge is 2.32. The molecule has 0 unspecified atom stereocenters. The maximum absolute atomic E-state index is 12.6. The average Bonchev–Trinajstić information content (AvgIpc) is 3.36. The molecule has 8 heteroatoms. The number of fused-ring (bicyclic) bond motifs is 1. The van der Waals surface area contributed by atoms with Crippen LogP contribution in [0.4, 0.5) is 0 Å². The van der Waals surface area contributed by atoms with Crippen LogP contribution in [-0.4, -0.2) is 43.8 Å². The van der Waals surface area contributed by atoms with Gasteiger partial charge in [-0.2, -0.15) is 0 Å². The van der Waals surface area contributed by atoms with Crippen molar-refractivity contribution in [1.29, 1.82) is 0 Å². The highest BCUT2D eigenvalue weighted by Crippen LogP contribution is 2.49. The van der Waals surface area contributed by atoms with E-state index in [1.54, 1.807) is 6.07 Å². The van der Waals surface area contributed by atoms with Gasteiger partial charge in [0.2, 0.25) is 11.2 Å². The van der Waals surface area contributed by atoms with Crippen LogP contribution >= 0.6 is 10.8 Å². The molecule has 1 aromatic heterocycles. The number of rotatable bonds is 7. The molecule has 3 heterocycles. The molecule has 2 N–H and O–H groups in total. The molecule has 2 aromatic rings. The zero-order chi connectivity index (χ0) is 22.8. The lowest BCUT2D eigenvalue weighted by atomic mass is 9.82. The topological polar surface area (TPSA) is 86.4 Å². The van der Waals surface area contributed by atoms with Gasteiger partial charge in [0.15, 0.2) is 0 Å². The van der Waals surface area contributed by atoms with Crippen LogP contribution in [0.5, 0.6) is 5.75 Å². The van der Waals surface area contributed by atoms with Crippen LogP contribution in [0.25, 0.3) is 0 Å². The third-order valence-corrected chi connectivity index (χ3v) is 9.28. The van der Waals surface area contributed by atoms with Crippen LogP contribution in [-0.2, 0) is 19.6 Å². The van der Waals surface area contributed by atoms with E-state index in [4.69, 9.17) is 9.15 Å². The highest BCUT2D eigenvalue weighted by molar-refractivity contribution is 8.22. The van der Waals surface area contributed by atoms with Gasteiger partial charge in [0.05, 0.1) is 18.9 Å². The zero-order valence-corrected chi connectivity index (χ0v) is 19.8. The lowest BCUT2D eigenvalue weighted by Crippen LogP contribution is -2.31. The summed E-state index contributed by atoms with van der Waals surface area (Å²) in [4.78, 5) is 14.8. The zero-order valence-electron chi connectivity index (χ0n) is 19.0. The smallest absolute Gasteiger partial charge is 0.227 e. The number of hydrogen-bond acceptors (Lipinski definition) is 7. The molecular formula is C25H34N2O5S. The molecule has 180 valence electrons. The Hall–Kier alpha value is -1.84. The quantitative estimate of drug-likeness (QED) is 0.601. The molecule has 0 radical (unpaired) electrons. The Kier molecular flexibility index (Phi) is 6.81. The molecule has 1 aromatic carbocycles. The first kappa shape index (κ1) is 22.9. The van der Waals surface area contributed by atoms with E-state index in [0.29, 0.717) is 36.5 Å². The number of nitrogens with zero attached hydrogens (tertiary/aromatic N) is 2. The molecule has 7 nitrogen and oxygen atoms in total. The summed E-state index contributed by atoms with van der Waals surface area (Å²) >= 11 is 0. The predicted molar refractivity (Wildman–Crippen MR) is 129 cm³/mol. The second kappa shape index (κ2) is 9.80. The minimum absolute atomic E-state index is 0.124. The van der Waals surface area contributed by atoms with Crippen molar-refractivity contribution in [3.8, 4) is 5.75 Å². The maximum atomic E-state index is 12.6. The monoisotopic (exact) mass is 474 g/mol. The van der Waals surface area contributed by atoms with Gasteiger partial charge in [0.25, 0.3) is 0 Å². The minimum Gasteiger partial charge on any atom is -0.486 e. The largest absolute Gasteiger partial charge is 0.486 e. The summed E-state index contributed by atoms with van der Waals surface area (Å²) < 4.78 is 33.7. The van der Waals surface area contributed by atoms with E-state index in [1.807, 2.05) is 4.31 Å². The van der Waals surface area contributed by atoms with Crippen LogP contribution in [0, 0.1) is 11.8 Å².